The molecule has 0 heterocycles. The van der Waals surface area contributed by atoms with Crippen LogP contribution >= 0.6 is 23.2 Å². The van der Waals surface area contributed by atoms with Gasteiger partial charge in [-0.15, -0.1) is 0 Å². The van der Waals surface area contributed by atoms with Crippen LogP contribution in [-0.4, -0.2) is 12.6 Å². The summed E-state index contributed by atoms with van der Waals surface area (Å²) >= 11 is 12.1. The second-order valence-electron chi connectivity index (χ2n) is 5.71. The first-order valence-electron chi connectivity index (χ1n) is 7.73. The van der Waals surface area contributed by atoms with Gasteiger partial charge in [0.25, 0.3) is 0 Å². The van der Waals surface area contributed by atoms with Crippen molar-refractivity contribution in [3.8, 4) is 11.5 Å². The van der Waals surface area contributed by atoms with E-state index in [1.165, 1.54) is 0 Å². The van der Waals surface area contributed by atoms with Crippen LogP contribution in [0.4, 0.5) is 0 Å². The second-order valence-corrected chi connectivity index (χ2v) is 6.49. The summed E-state index contributed by atoms with van der Waals surface area (Å²) in [5.74, 6) is 0.978. The first-order chi connectivity index (χ1) is 11.4. The van der Waals surface area contributed by atoms with Gasteiger partial charge in [-0.25, -0.2) is 0 Å². The van der Waals surface area contributed by atoms with Gasteiger partial charge in [0.15, 0.2) is 0 Å². The van der Waals surface area contributed by atoms with Crippen LogP contribution in [0, 0.1) is 20.8 Å². The number of hydrogen-bond donors (Lipinski definition) is 0. The van der Waals surface area contributed by atoms with E-state index in [0.29, 0.717) is 23.8 Å². The van der Waals surface area contributed by atoms with Gasteiger partial charge in [0.1, 0.15) is 11.5 Å². The van der Waals surface area contributed by atoms with E-state index in [0.717, 1.165) is 27.5 Å². The first-order valence-corrected chi connectivity index (χ1v) is 8.49. The summed E-state index contributed by atoms with van der Waals surface area (Å²) in [5, 5.41) is 1.40. The van der Waals surface area contributed by atoms with Crippen LogP contribution in [0.5, 0.6) is 11.5 Å². The fourth-order valence-electron chi connectivity index (χ4n) is 2.26. The van der Waals surface area contributed by atoms with E-state index in [-0.39, 0.29) is 12.4 Å². The van der Waals surface area contributed by atoms with Crippen molar-refractivity contribution in [2.24, 2.45) is 0 Å². The number of halogens is 2. The molecule has 3 nitrogen and oxygen atoms in total. The van der Waals surface area contributed by atoms with E-state index in [2.05, 4.69) is 0 Å². The van der Waals surface area contributed by atoms with Gasteiger partial charge < -0.3 is 9.47 Å². The Kier molecular flexibility index (Phi) is 6.52. The Balaban J connectivity index is 1.77. The molecule has 5 heteroatoms. The molecule has 0 aliphatic rings. The lowest BCUT2D eigenvalue weighted by Gasteiger charge is -2.10. The summed E-state index contributed by atoms with van der Waals surface area (Å²) in [6, 6.07) is 8.93. The van der Waals surface area contributed by atoms with Gasteiger partial charge in [0, 0.05) is 16.5 Å². The highest BCUT2D eigenvalue weighted by atomic mass is 35.5. The Morgan fingerprint density at radius 2 is 1.58 bits per heavy atom. The third kappa shape index (κ3) is 5.15. The zero-order valence-corrected chi connectivity index (χ0v) is 15.5. The maximum Gasteiger partial charge on any atom is 0.311 e. The molecule has 2 rings (SSSR count). The van der Waals surface area contributed by atoms with Gasteiger partial charge in [0.05, 0.1) is 6.61 Å². The van der Waals surface area contributed by atoms with E-state index in [1.54, 1.807) is 18.2 Å². The normalized spacial score (nSPS) is 10.5. The van der Waals surface area contributed by atoms with Gasteiger partial charge in [0.2, 0.25) is 0 Å². The topological polar surface area (TPSA) is 35.5 Å². The smallest absolute Gasteiger partial charge is 0.311 e. The van der Waals surface area contributed by atoms with Gasteiger partial charge >= 0.3 is 5.97 Å². The molecule has 0 bridgehead atoms. The van der Waals surface area contributed by atoms with Crippen LogP contribution < -0.4 is 9.47 Å². The highest BCUT2D eigenvalue weighted by Crippen LogP contribution is 2.26. The van der Waals surface area contributed by atoms with E-state index in [9.17, 15) is 4.79 Å². The molecule has 0 aromatic heterocycles. The Labute approximate surface area is 152 Å². The van der Waals surface area contributed by atoms with E-state index in [1.807, 2.05) is 32.9 Å². The SMILES string of the molecule is Cc1cc(OC(=O)CCCOc2cc(C)c(Cl)c(C)c2)ccc1Cl. The monoisotopic (exact) mass is 366 g/mol. The number of benzene rings is 2. The minimum Gasteiger partial charge on any atom is -0.494 e. The van der Waals surface area contributed by atoms with Gasteiger partial charge in [-0.1, -0.05) is 23.2 Å². The van der Waals surface area contributed by atoms with Crippen molar-refractivity contribution < 1.29 is 14.3 Å². The van der Waals surface area contributed by atoms with Crippen LogP contribution in [0.1, 0.15) is 29.5 Å². The molecule has 0 N–H and O–H groups in total. The lowest BCUT2D eigenvalue weighted by Crippen LogP contribution is -2.10. The zero-order chi connectivity index (χ0) is 17.7. The number of rotatable bonds is 6. The Bertz CT molecular complexity index is 718. The molecular weight excluding hydrogens is 347 g/mol. The van der Waals surface area contributed by atoms with Crippen molar-refractivity contribution in [3.63, 3.8) is 0 Å². The molecule has 0 aliphatic heterocycles. The predicted octanol–water partition coefficient (Wildman–Crippen LogP) is 5.68. The maximum atomic E-state index is 11.8. The van der Waals surface area contributed by atoms with Crippen molar-refractivity contribution in [1.29, 1.82) is 0 Å². The number of carbonyl (C=O) groups excluding carboxylic acids is 1. The van der Waals surface area contributed by atoms with Crippen molar-refractivity contribution in [3.05, 3.63) is 57.1 Å². The van der Waals surface area contributed by atoms with Crippen LogP contribution in [0.3, 0.4) is 0 Å². The van der Waals surface area contributed by atoms with Gasteiger partial charge in [-0.05, 0) is 74.2 Å². The highest BCUT2D eigenvalue weighted by molar-refractivity contribution is 6.32. The summed E-state index contributed by atoms with van der Waals surface area (Å²) in [6.45, 7) is 6.18. The minimum atomic E-state index is -0.288. The number of carbonyl (C=O) groups is 1. The van der Waals surface area contributed by atoms with Crippen molar-refractivity contribution in [2.75, 3.05) is 6.61 Å². The van der Waals surface area contributed by atoms with Crippen molar-refractivity contribution in [1.82, 2.24) is 0 Å². The molecule has 2 aromatic rings. The first kappa shape index (κ1) is 18.6. The molecule has 0 spiro atoms. The zero-order valence-electron chi connectivity index (χ0n) is 14.0. The van der Waals surface area contributed by atoms with Crippen LogP contribution in [0.25, 0.3) is 0 Å². The molecule has 0 atom stereocenters. The molecule has 0 amide bonds. The lowest BCUT2D eigenvalue weighted by atomic mass is 10.1. The summed E-state index contributed by atoms with van der Waals surface area (Å²) in [6.07, 6.45) is 0.860. The Morgan fingerprint density at radius 1 is 0.958 bits per heavy atom. The summed E-state index contributed by atoms with van der Waals surface area (Å²) in [4.78, 5) is 11.8. The van der Waals surface area contributed by atoms with Crippen LogP contribution in [0.2, 0.25) is 10.0 Å². The largest absolute Gasteiger partial charge is 0.494 e. The molecule has 128 valence electrons. The number of esters is 1. The average Bonchev–Trinajstić information content (AvgIpc) is 2.52. The highest BCUT2D eigenvalue weighted by Gasteiger charge is 2.07. The standard InChI is InChI=1S/C19H20Cl2O3/c1-12-9-15(6-7-17(12)20)24-18(22)5-4-8-23-16-10-13(2)19(21)14(3)11-16/h6-7,9-11H,4-5,8H2,1-3H3. The Hall–Kier alpha value is -1.71. The summed E-state index contributed by atoms with van der Waals surface area (Å²) < 4.78 is 11.0. The lowest BCUT2D eigenvalue weighted by molar-refractivity contribution is -0.134. The number of aryl methyl sites for hydroxylation is 3. The molecule has 24 heavy (non-hydrogen) atoms. The summed E-state index contributed by atoms with van der Waals surface area (Å²) in [7, 11) is 0. The predicted molar refractivity (Wildman–Crippen MR) is 97.5 cm³/mol. The quantitative estimate of drug-likeness (QED) is 0.374. The number of ether oxygens (including phenoxy) is 2. The number of hydrogen-bond acceptors (Lipinski definition) is 3. The molecule has 0 saturated heterocycles. The Morgan fingerprint density at radius 3 is 2.21 bits per heavy atom. The van der Waals surface area contributed by atoms with E-state index >= 15 is 0 Å². The third-order valence-corrected chi connectivity index (χ3v) is 4.59. The molecule has 0 aliphatic carbocycles. The van der Waals surface area contributed by atoms with E-state index < -0.39 is 0 Å². The van der Waals surface area contributed by atoms with Crippen LogP contribution in [0.15, 0.2) is 30.3 Å². The van der Waals surface area contributed by atoms with Gasteiger partial charge in [-0.2, -0.15) is 0 Å². The molecular formula is C19H20Cl2O3. The molecule has 0 saturated carbocycles. The van der Waals surface area contributed by atoms with Gasteiger partial charge in [-0.3, -0.25) is 4.79 Å². The third-order valence-electron chi connectivity index (χ3n) is 3.57. The maximum absolute atomic E-state index is 11.8. The molecule has 0 fully saturated rings. The minimum absolute atomic E-state index is 0.285. The average molecular weight is 367 g/mol. The fraction of sp³-hybridized carbons (Fsp3) is 0.316. The van der Waals surface area contributed by atoms with Crippen LogP contribution in [-0.2, 0) is 4.79 Å². The second kappa shape index (κ2) is 8.41. The van der Waals surface area contributed by atoms with E-state index in [4.69, 9.17) is 32.7 Å². The molecule has 2 aromatic carbocycles. The molecule has 0 radical (unpaired) electrons. The van der Waals surface area contributed by atoms with Crippen molar-refractivity contribution >= 4 is 29.2 Å². The fourth-order valence-corrected chi connectivity index (χ4v) is 2.49. The van der Waals surface area contributed by atoms with Crippen molar-refractivity contribution in [2.45, 2.75) is 33.6 Å². The summed E-state index contributed by atoms with van der Waals surface area (Å²) in [5.41, 5.74) is 2.83. The molecule has 0 unspecified atom stereocenters.